The van der Waals surface area contributed by atoms with Crippen molar-refractivity contribution >= 4 is 11.6 Å². The molecule has 0 radical (unpaired) electrons. The summed E-state index contributed by atoms with van der Waals surface area (Å²) in [6.45, 7) is 3.44. The van der Waals surface area contributed by atoms with Gasteiger partial charge in [-0.3, -0.25) is 4.79 Å². The maximum absolute atomic E-state index is 12.3. The zero-order chi connectivity index (χ0) is 14.5. The van der Waals surface area contributed by atoms with Gasteiger partial charge in [0.25, 0.3) is 5.91 Å². The first kappa shape index (κ1) is 14.5. The molecule has 1 aromatic carbocycles. The van der Waals surface area contributed by atoms with E-state index in [0.29, 0.717) is 17.2 Å². The van der Waals surface area contributed by atoms with Gasteiger partial charge >= 0.3 is 0 Å². The number of hydrogen-bond donors (Lipinski definition) is 1. The highest BCUT2D eigenvalue weighted by Crippen LogP contribution is 2.26. The van der Waals surface area contributed by atoms with Crippen molar-refractivity contribution in [2.45, 2.75) is 32.3 Å². The largest absolute Gasteiger partial charge is 0.495 e. The predicted molar refractivity (Wildman–Crippen MR) is 77.9 cm³/mol. The van der Waals surface area contributed by atoms with Crippen LogP contribution in [-0.2, 0) is 4.79 Å². The lowest BCUT2D eigenvalue weighted by Crippen LogP contribution is -2.43. The van der Waals surface area contributed by atoms with Gasteiger partial charge in [-0.05, 0) is 38.3 Å². The van der Waals surface area contributed by atoms with Crippen molar-refractivity contribution in [1.29, 1.82) is 0 Å². The van der Waals surface area contributed by atoms with Crippen LogP contribution in [0.4, 0.5) is 5.69 Å². The number of hydrogen-bond acceptors (Lipinski definition) is 4. The summed E-state index contributed by atoms with van der Waals surface area (Å²) in [5.41, 5.74) is 6.33. The standard InChI is InChI=1S/C15H22N2O3/c1-11(15(18)17-8-4-3-5-9-17)20-12-6-7-14(19-2)13(16)10-12/h6-7,10-11H,3-5,8-9,16H2,1-2H3. The third kappa shape index (κ3) is 3.35. The van der Waals surface area contributed by atoms with Crippen LogP contribution in [0.15, 0.2) is 18.2 Å². The molecule has 1 fully saturated rings. The number of nitrogen functional groups attached to an aromatic ring is 1. The number of methoxy groups -OCH3 is 1. The molecule has 5 nitrogen and oxygen atoms in total. The molecule has 1 aromatic rings. The van der Waals surface area contributed by atoms with Gasteiger partial charge in [0.05, 0.1) is 12.8 Å². The number of rotatable bonds is 4. The average Bonchev–Trinajstić information content (AvgIpc) is 2.47. The fourth-order valence-corrected chi connectivity index (χ4v) is 2.41. The number of nitrogens with zero attached hydrogens (tertiary/aromatic N) is 1. The van der Waals surface area contributed by atoms with E-state index >= 15 is 0 Å². The quantitative estimate of drug-likeness (QED) is 0.856. The second-order valence-corrected chi connectivity index (χ2v) is 5.05. The summed E-state index contributed by atoms with van der Waals surface area (Å²) in [5, 5.41) is 0. The fraction of sp³-hybridized carbons (Fsp3) is 0.533. The SMILES string of the molecule is COc1ccc(OC(C)C(=O)N2CCCCC2)cc1N. The van der Waals surface area contributed by atoms with Crippen LogP contribution in [0.1, 0.15) is 26.2 Å². The predicted octanol–water partition coefficient (Wildman–Crippen LogP) is 2.06. The van der Waals surface area contributed by atoms with Crippen LogP contribution in [0.2, 0.25) is 0 Å². The van der Waals surface area contributed by atoms with Crippen molar-refractivity contribution in [1.82, 2.24) is 4.90 Å². The smallest absolute Gasteiger partial charge is 0.263 e. The van der Waals surface area contributed by atoms with Crippen LogP contribution in [0.3, 0.4) is 0 Å². The number of likely N-dealkylation sites (tertiary alicyclic amines) is 1. The molecule has 1 aliphatic heterocycles. The first-order valence-corrected chi connectivity index (χ1v) is 7.01. The van der Waals surface area contributed by atoms with E-state index in [1.54, 1.807) is 32.2 Å². The van der Waals surface area contributed by atoms with Crippen LogP contribution in [0, 0.1) is 0 Å². The Morgan fingerprint density at radius 1 is 1.30 bits per heavy atom. The molecule has 1 unspecified atom stereocenters. The van der Waals surface area contributed by atoms with Gasteiger partial charge in [0.1, 0.15) is 11.5 Å². The first-order valence-electron chi connectivity index (χ1n) is 7.01. The number of nitrogens with two attached hydrogens (primary N) is 1. The van der Waals surface area contributed by atoms with Crippen molar-refractivity contribution < 1.29 is 14.3 Å². The zero-order valence-corrected chi connectivity index (χ0v) is 12.1. The zero-order valence-electron chi connectivity index (χ0n) is 12.1. The molecule has 1 heterocycles. The third-order valence-corrected chi connectivity index (χ3v) is 3.53. The molecule has 1 aliphatic rings. The second kappa shape index (κ2) is 6.50. The van der Waals surface area contributed by atoms with Crippen LogP contribution >= 0.6 is 0 Å². The van der Waals surface area contributed by atoms with E-state index in [0.717, 1.165) is 25.9 Å². The Kier molecular flexibility index (Phi) is 4.71. The highest BCUT2D eigenvalue weighted by Gasteiger charge is 2.23. The maximum atomic E-state index is 12.3. The summed E-state index contributed by atoms with van der Waals surface area (Å²) in [5.74, 6) is 1.23. The minimum Gasteiger partial charge on any atom is -0.495 e. The Labute approximate surface area is 119 Å². The maximum Gasteiger partial charge on any atom is 0.263 e. The van der Waals surface area contributed by atoms with Crippen molar-refractivity contribution in [3.8, 4) is 11.5 Å². The van der Waals surface area contributed by atoms with Gasteiger partial charge in [0.2, 0.25) is 0 Å². The minimum absolute atomic E-state index is 0.0408. The lowest BCUT2D eigenvalue weighted by molar-refractivity contribution is -0.138. The highest BCUT2D eigenvalue weighted by molar-refractivity contribution is 5.81. The Hall–Kier alpha value is -1.91. The van der Waals surface area contributed by atoms with Crippen molar-refractivity contribution in [2.24, 2.45) is 0 Å². The van der Waals surface area contributed by atoms with Crippen molar-refractivity contribution in [3.63, 3.8) is 0 Å². The highest BCUT2D eigenvalue weighted by atomic mass is 16.5. The normalized spacial score (nSPS) is 16.6. The van der Waals surface area contributed by atoms with E-state index in [4.69, 9.17) is 15.2 Å². The molecule has 1 atom stereocenters. The van der Waals surface area contributed by atoms with Gasteiger partial charge in [-0.25, -0.2) is 0 Å². The average molecular weight is 278 g/mol. The van der Waals surface area contributed by atoms with Gasteiger partial charge in [0, 0.05) is 19.2 Å². The van der Waals surface area contributed by atoms with Crippen molar-refractivity contribution in [3.05, 3.63) is 18.2 Å². The minimum atomic E-state index is -0.499. The van der Waals surface area contributed by atoms with Crippen LogP contribution < -0.4 is 15.2 Å². The van der Waals surface area contributed by atoms with Gasteiger partial charge in [-0.15, -0.1) is 0 Å². The number of carbonyl (C=O) groups is 1. The number of carbonyl (C=O) groups excluding carboxylic acids is 1. The monoisotopic (exact) mass is 278 g/mol. The summed E-state index contributed by atoms with van der Waals surface area (Å²) in [6, 6.07) is 5.18. The molecule has 110 valence electrons. The van der Waals surface area contributed by atoms with Crippen LogP contribution in [-0.4, -0.2) is 37.1 Å². The molecular weight excluding hydrogens is 256 g/mol. The van der Waals surface area contributed by atoms with E-state index < -0.39 is 6.10 Å². The van der Waals surface area contributed by atoms with E-state index in [1.807, 2.05) is 4.90 Å². The number of ether oxygens (including phenoxy) is 2. The number of piperidine rings is 1. The molecule has 0 bridgehead atoms. The van der Waals surface area contributed by atoms with Gasteiger partial charge < -0.3 is 20.1 Å². The molecule has 20 heavy (non-hydrogen) atoms. The lowest BCUT2D eigenvalue weighted by Gasteiger charge is -2.29. The van der Waals surface area contributed by atoms with Gasteiger partial charge in [0.15, 0.2) is 6.10 Å². The Morgan fingerprint density at radius 3 is 2.60 bits per heavy atom. The summed E-state index contributed by atoms with van der Waals surface area (Å²) >= 11 is 0. The van der Waals surface area contributed by atoms with E-state index in [1.165, 1.54) is 6.42 Å². The number of benzene rings is 1. The molecule has 1 saturated heterocycles. The molecule has 0 saturated carbocycles. The summed E-state index contributed by atoms with van der Waals surface area (Å²) in [7, 11) is 1.56. The first-order chi connectivity index (χ1) is 9.61. The van der Waals surface area contributed by atoms with E-state index in [2.05, 4.69) is 0 Å². The molecular formula is C15H22N2O3. The topological polar surface area (TPSA) is 64.8 Å². The molecule has 0 spiro atoms. The summed E-state index contributed by atoms with van der Waals surface area (Å²) < 4.78 is 10.8. The number of anilines is 1. The van der Waals surface area contributed by atoms with Crippen LogP contribution in [0.5, 0.6) is 11.5 Å². The molecule has 0 aliphatic carbocycles. The third-order valence-electron chi connectivity index (χ3n) is 3.53. The Bertz CT molecular complexity index is 470. The Balaban J connectivity index is 1.98. The molecule has 5 heteroatoms. The van der Waals surface area contributed by atoms with Gasteiger partial charge in [-0.1, -0.05) is 0 Å². The second-order valence-electron chi connectivity index (χ2n) is 5.05. The van der Waals surface area contributed by atoms with E-state index in [9.17, 15) is 4.79 Å². The van der Waals surface area contributed by atoms with Crippen molar-refractivity contribution in [2.75, 3.05) is 25.9 Å². The van der Waals surface area contributed by atoms with Gasteiger partial charge in [-0.2, -0.15) is 0 Å². The summed E-state index contributed by atoms with van der Waals surface area (Å²) in [6.07, 6.45) is 2.86. The Morgan fingerprint density at radius 2 is 2.00 bits per heavy atom. The lowest BCUT2D eigenvalue weighted by atomic mass is 10.1. The summed E-state index contributed by atoms with van der Waals surface area (Å²) in [4.78, 5) is 14.1. The number of amides is 1. The van der Waals surface area contributed by atoms with Crippen LogP contribution in [0.25, 0.3) is 0 Å². The molecule has 0 aromatic heterocycles. The molecule has 1 amide bonds. The van der Waals surface area contributed by atoms with E-state index in [-0.39, 0.29) is 5.91 Å². The fourth-order valence-electron chi connectivity index (χ4n) is 2.41. The molecule has 2 N–H and O–H groups in total. The molecule has 2 rings (SSSR count).